The molecule has 19 heavy (non-hydrogen) atoms. The van der Waals surface area contributed by atoms with Gasteiger partial charge in [-0.25, -0.2) is 0 Å². The third kappa shape index (κ3) is 10.8. The van der Waals surface area contributed by atoms with Crippen LogP contribution in [0.15, 0.2) is 0 Å². The zero-order valence-electron chi connectivity index (χ0n) is 13.4. The Bertz CT molecular complexity index is 169. The molecular formula is C18H37P. The lowest BCUT2D eigenvalue weighted by molar-refractivity contribution is 0.509. The van der Waals surface area contributed by atoms with Crippen molar-refractivity contribution in [1.82, 2.24) is 0 Å². The Kier molecular flexibility index (Phi) is 12.3. The first-order valence-electron chi connectivity index (χ1n) is 9.17. The molecule has 0 aromatic rings. The Morgan fingerprint density at radius 3 is 1.84 bits per heavy atom. The maximum Gasteiger partial charge on any atom is -0.0237 e. The Labute approximate surface area is 124 Å². The molecule has 1 aliphatic rings. The van der Waals surface area contributed by atoms with Gasteiger partial charge >= 0.3 is 0 Å². The molecule has 1 atom stereocenters. The highest BCUT2D eigenvalue weighted by atomic mass is 31.1. The van der Waals surface area contributed by atoms with Crippen molar-refractivity contribution in [2.75, 3.05) is 6.16 Å². The van der Waals surface area contributed by atoms with Crippen LogP contribution in [-0.2, 0) is 0 Å². The van der Waals surface area contributed by atoms with Gasteiger partial charge in [-0.05, 0) is 31.1 Å². The maximum absolute atomic E-state index is 2.31. The summed E-state index contributed by atoms with van der Waals surface area (Å²) in [5.41, 5.74) is 1.11. The summed E-state index contributed by atoms with van der Waals surface area (Å²) in [5.74, 6) is 0. The normalized spacial score (nSPS) is 20.1. The van der Waals surface area contributed by atoms with E-state index in [1.54, 1.807) is 12.8 Å². The van der Waals surface area contributed by atoms with Crippen LogP contribution in [0.3, 0.4) is 0 Å². The largest absolute Gasteiger partial charge is 0.119 e. The molecule has 0 N–H and O–H groups in total. The minimum atomic E-state index is 1.11. The van der Waals surface area contributed by atoms with Crippen LogP contribution in [0, 0.1) is 0 Å². The molecule has 0 saturated heterocycles. The molecule has 1 rings (SSSR count). The summed E-state index contributed by atoms with van der Waals surface area (Å²) in [7, 11) is 1.28. The molecule has 0 bridgehead atoms. The summed E-state index contributed by atoms with van der Waals surface area (Å²) >= 11 is 0. The van der Waals surface area contributed by atoms with E-state index in [1.807, 2.05) is 0 Å². The van der Waals surface area contributed by atoms with Crippen molar-refractivity contribution in [3.63, 3.8) is 0 Å². The number of hydrogen-bond donors (Lipinski definition) is 0. The van der Waals surface area contributed by atoms with E-state index in [0.717, 1.165) is 5.66 Å². The Morgan fingerprint density at radius 1 is 0.684 bits per heavy atom. The monoisotopic (exact) mass is 284 g/mol. The van der Waals surface area contributed by atoms with Crippen LogP contribution in [0.1, 0.15) is 103 Å². The van der Waals surface area contributed by atoms with E-state index >= 15 is 0 Å². The van der Waals surface area contributed by atoms with Crippen molar-refractivity contribution in [2.24, 2.45) is 0 Å². The maximum atomic E-state index is 2.31. The van der Waals surface area contributed by atoms with Gasteiger partial charge in [-0.15, -0.1) is 8.58 Å². The Balaban J connectivity index is 1.98. The minimum Gasteiger partial charge on any atom is -0.119 e. The van der Waals surface area contributed by atoms with Gasteiger partial charge in [-0.1, -0.05) is 84.0 Å². The van der Waals surface area contributed by atoms with Crippen molar-refractivity contribution in [1.29, 1.82) is 0 Å². The van der Waals surface area contributed by atoms with Crippen molar-refractivity contribution in [2.45, 2.75) is 109 Å². The fraction of sp³-hybridized carbons (Fsp3) is 1.00. The quantitative estimate of drug-likeness (QED) is 0.335. The summed E-state index contributed by atoms with van der Waals surface area (Å²) in [6.07, 6.45) is 24.0. The molecule has 0 heterocycles. The first-order chi connectivity index (χ1) is 9.43. The molecule has 114 valence electrons. The van der Waals surface area contributed by atoms with Crippen LogP contribution >= 0.6 is 8.58 Å². The molecule has 0 nitrogen and oxygen atoms in total. The van der Waals surface area contributed by atoms with E-state index in [2.05, 4.69) is 6.92 Å². The third-order valence-electron chi connectivity index (χ3n) is 4.57. The van der Waals surface area contributed by atoms with E-state index in [9.17, 15) is 0 Å². The molecule has 0 aromatic carbocycles. The highest BCUT2D eigenvalue weighted by Gasteiger charge is 2.09. The molecule has 1 saturated carbocycles. The van der Waals surface area contributed by atoms with Gasteiger partial charge in [-0.3, -0.25) is 0 Å². The zero-order valence-corrected chi connectivity index (χ0v) is 14.4. The van der Waals surface area contributed by atoms with Crippen molar-refractivity contribution < 1.29 is 0 Å². The molecule has 0 radical (unpaired) electrons. The fourth-order valence-electron chi connectivity index (χ4n) is 3.23. The third-order valence-corrected chi connectivity index (χ3v) is 6.37. The van der Waals surface area contributed by atoms with Crippen LogP contribution in [0.25, 0.3) is 0 Å². The van der Waals surface area contributed by atoms with Gasteiger partial charge in [0.25, 0.3) is 0 Å². The molecule has 1 aliphatic carbocycles. The standard InChI is InChI=1S/C18H37P/c1-2-3-4-5-11-14-17-19-18-15-12-9-7-6-8-10-13-16-18/h18-19H,2-17H2,1H3. The van der Waals surface area contributed by atoms with Gasteiger partial charge in [0.05, 0.1) is 0 Å². The topological polar surface area (TPSA) is 0 Å². The van der Waals surface area contributed by atoms with Gasteiger partial charge in [-0.2, -0.15) is 0 Å². The average Bonchev–Trinajstić information content (AvgIpc) is 2.44. The highest BCUT2D eigenvalue weighted by molar-refractivity contribution is 7.38. The molecule has 1 heteroatoms. The Morgan fingerprint density at radius 2 is 1.21 bits per heavy atom. The second-order valence-electron chi connectivity index (χ2n) is 6.47. The van der Waals surface area contributed by atoms with E-state index in [4.69, 9.17) is 0 Å². The lowest BCUT2D eigenvalue weighted by Gasteiger charge is -2.18. The molecule has 0 aromatic heterocycles. The lowest BCUT2D eigenvalue weighted by atomic mass is 10.0. The lowest BCUT2D eigenvalue weighted by Crippen LogP contribution is -2.03. The van der Waals surface area contributed by atoms with Gasteiger partial charge < -0.3 is 0 Å². The molecule has 0 aliphatic heterocycles. The minimum absolute atomic E-state index is 1.11. The van der Waals surface area contributed by atoms with Gasteiger partial charge in [0.2, 0.25) is 0 Å². The summed E-state index contributed by atoms with van der Waals surface area (Å²) in [6, 6.07) is 0. The van der Waals surface area contributed by atoms with E-state index in [1.165, 1.54) is 98.2 Å². The predicted octanol–water partition coefficient (Wildman–Crippen LogP) is 6.92. The summed E-state index contributed by atoms with van der Waals surface area (Å²) in [4.78, 5) is 0. The van der Waals surface area contributed by atoms with Crippen LogP contribution < -0.4 is 0 Å². The van der Waals surface area contributed by atoms with Crippen LogP contribution in [-0.4, -0.2) is 11.8 Å². The van der Waals surface area contributed by atoms with Gasteiger partial charge in [0.15, 0.2) is 0 Å². The van der Waals surface area contributed by atoms with E-state index in [-0.39, 0.29) is 0 Å². The van der Waals surface area contributed by atoms with E-state index < -0.39 is 0 Å². The summed E-state index contributed by atoms with van der Waals surface area (Å²) in [6.45, 7) is 2.31. The van der Waals surface area contributed by atoms with Crippen molar-refractivity contribution >= 4 is 8.58 Å². The number of unbranched alkanes of at least 4 members (excludes halogenated alkanes) is 5. The Hall–Kier alpha value is 0.430. The van der Waals surface area contributed by atoms with Gasteiger partial charge in [0, 0.05) is 0 Å². The average molecular weight is 284 g/mol. The molecule has 0 amide bonds. The molecule has 1 fully saturated rings. The summed E-state index contributed by atoms with van der Waals surface area (Å²) in [5, 5.41) is 0. The summed E-state index contributed by atoms with van der Waals surface area (Å²) < 4.78 is 0. The highest BCUT2D eigenvalue weighted by Crippen LogP contribution is 2.31. The second-order valence-corrected chi connectivity index (χ2v) is 8.20. The zero-order chi connectivity index (χ0) is 13.6. The van der Waals surface area contributed by atoms with Crippen LogP contribution in [0.4, 0.5) is 0 Å². The van der Waals surface area contributed by atoms with E-state index in [0.29, 0.717) is 0 Å². The van der Waals surface area contributed by atoms with Crippen molar-refractivity contribution in [3.05, 3.63) is 0 Å². The first kappa shape index (κ1) is 17.5. The fourth-order valence-corrected chi connectivity index (χ4v) is 4.90. The smallest absolute Gasteiger partial charge is 0.0237 e. The first-order valence-corrected chi connectivity index (χ1v) is 10.5. The SMILES string of the molecule is CCCCCCCCPC1CCCCCCCCC1. The van der Waals surface area contributed by atoms with Crippen LogP contribution in [0.2, 0.25) is 0 Å². The second kappa shape index (κ2) is 13.4. The molecule has 1 unspecified atom stereocenters. The molecular weight excluding hydrogens is 247 g/mol. The van der Waals surface area contributed by atoms with Crippen LogP contribution in [0.5, 0.6) is 0 Å². The van der Waals surface area contributed by atoms with Crippen molar-refractivity contribution in [3.8, 4) is 0 Å². The number of hydrogen-bond acceptors (Lipinski definition) is 0. The number of rotatable bonds is 8. The predicted molar refractivity (Wildman–Crippen MR) is 91.9 cm³/mol. The molecule has 0 spiro atoms. The van der Waals surface area contributed by atoms with Gasteiger partial charge in [0.1, 0.15) is 0 Å².